The van der Waals surface area contributed by atoms with Crippen molar-refractivity contribution in [1.82, 2.24) is 5.32 Å². The molecule has 0 aliphatic rings. The Morgan fingerprint density at radius 1 is 1.18 bits per heavy atom. The number of rotatable bonds is 9. The summed E-state index contributed by atoms with van der Waals surface area (Å²) in [4.78, 5) is 23.5. The average molecular weight is 307 g/mol. The quantitative estimate of drug-likeness (QED) is 0.561. The highest BCUT2D eigenvalue weighted by Crippen LogP contribution is 2.07. The van der Waals surface area contributed by atoms with Gasteiger partial charge in [-0.15, -0.1) is 0 Å². The molecule has 0 saturated carbocycles. The fourth-order valence-corrected chi connectivity index (χ4v) is 2.02. The minimum atomic E-state index is -0.591. The van der Waals surface area contributed by atoms with Crippen LogP contribution < -0.4 is 5.32 Å². The van der Waals surface area contributed by atoms with Crippen LogP contribution in [0.15, 0.2) is 30.3 Å². The molecule has 0 fully saturated rings. The minimum absolute atomic E-state index is 0.205. The third-order valence-electron chi connectivity index (χ3n) is 3.11. The molecule has 1 aromatic rings. The summed E-state index contributed by atoms with van der Waals surface area (Å²) in [6.45, 7) is 4.77. The van der Waals surface area contributed by atoms with E-state index in [4.69, 9.17) is 9.47 Å². The van der Waals surface area contributed by atoms with E-state index in [1.165, 1.54) is 7.11 Å². The highest BCUT2D eigenvalue weighted by atomic mass is 16.5. The van der Waals surface area contributed by atoms with Crippen molar-refractivity contribution in [3.8, 4) is 0 Å². The third kappa shape index (κ3) is 7.22. The van der Waals surface area contributed by atoms with Gasteiger partial charge in [0.25, 0.3) is 0 Å². The van der Waals surface area contributed by atoms with E-state index < -0.39 is 12.0 Å². The van der Waals surface area contributed by atoms with E-state index >= 15 is 0 Å². The number of hydrogen-bond donors (Lipinski definition) is 1. The van der Waals surface area contributed by atoms with Gasteiger partial charge in [0.05, 0.1) is 20.3 Å². The number of methoxy groups -OCH3 is 1. The summed E-state index contributed by atoms with van der Waals surface area (Å²) in [5.74, 6) is -0.324. The molecular formula is C17H25NO4. The van der Waals surface area contributed by atoms with Crippen LogP contribution in [0.3, 0.4) is 0 Å². The molecule has 0 aliphatic heterocycles. The Balaban J connectivity index is 2.29. The van der Waals surface area contributed by atoms with Crippen LogP contribution in [0.4, 0.5) is 0 Å². The zero-order valence-electron chi connectivity index (χ0n) is 13.5. The first kappa shape index (κ1) is 18.2. The molecule has 1 aromatic carbocycles. The second-order valence-corrected chi connectivity index (χ2v) is 5.56. The molecule has 0 unspecified atom stereocenters. The van der Waals surface area contributed by atoms with Gasteiger partial charge in [-0.2, -0.15) is 0 Å². The van der Waals surface area contributed by atoms with Gasteiger partial charge in [0.2, 0.25) is 5.91 Å². The number of amides is 1. The maximum Gasteiger partial charge on any atom is 0.328 e. The topological polar surface area (TPSA) is 64.6 Å². The van der Waals surface area contributed by atoms with Crippen molar-refractivity contribution in [2.75, 3.05) is 13.7 Å². The normalized spacial score (nSPS) is 12.0. The minimum Gasteiger partial charge on any atom is -0.467 e. The summed E-state index contributed by atoms with van der Waals surface area (Å²) in [7, 11) is 1.32. The molecule has 122 valence electrons. The van der Waals surface area contributed by atoms with Crippen LogP contribution in [-0.2, 0) is 25.7 Å². The van der Waals surface area contributed by atoms with Crippen LogP contribution in [0.25, 0.3) is 0 Å². The molecule has 0 radical (unpaired) electrons. The van der Waals surface area contributed by atoms with Gasteiger partial charge in [0.15, 0.2) is 0 Å². The monoisotopic (exact) mass is 307 g/mol. The van der Waals surface area contributed by atoms with Crippen LogP contribution >= 0.6 is 0 Å². The van der Waals surface area contributed by atoms with Crippen molar-refractivity contribution in [1.29, 1.82) is 0 Å². The van der Waals surface area contributed by atoms with Crippen molar-refractivity contribution in [3.63, 3.8) is 0 Å². The van der Waals surface area contributed by atoms with Gasteiger partial charge < -0.3 is 14.8 Å². The largest absolute Gasteiger partial charge is 0.467 e. The summed E-state index contributed by atoms with van der Waals surface area (Å²) in [5, 5.41) is 2.70. The molecule has 0 aliphatic carbocycles. The fraction of sp³-hybridized carbons (Fsp3) is 0.529. The van der Waals surface area contributed by atoms with E-state index in [2.05, 4.69) is 5.32 Å². The van der Waals surface area contributed by atoms with E-state index in [9.17, 15) is 9.59 Å². The Morgan fingerprint density at radius 3 is 2.45 bits per heavy atom. The predicted octanol–water partition coefficient (Wildman–Crippen LogP) is 2.30. The van der Waals surface area contributed by atoms with E-state index in [0.717, 1.165) is 5.56 Å². The Bertz CT molecular complexity index is 459. The molecule has 1 amide bonds. The molecule has 1 N–H and O–H groups in total. The number of ether oxygens (including phenoxy) is 2. The van der Waals surface area contributed by atoms with Gasteiger partial charge in [-0.3, -0.25) is 4.79 Å². The number of hydrogen-bond acceptors (Lipinski definition) is 4. The van der Waals surface area contributed by atoms with Gasteiger partial charge in [-0.1, -0.05) is 44.2 Å². The first-order valence-corrected chi connectivity index (χ1v) is 7.51. The maximum atomic E-state index is 11.9. The highest BCUT2D eigenvalue weighted by Gasteiger charge is 2.22. The third-order valence-corrected chi connectivity index (χ3v) is 3.11. The van der Waals surface area contributed by atoms with Gasteiger partial charge >= 0.3 is 5.97 Å². The van der Waals surface area contributed by atoms with E-state index in [0.29, 0.717) is 25.6 Å². The summed E-state index contributed by atoms with van der Waals surface area (Å²) in [6.07, 6.45) is 0.779. The van der Waals surface area contributed by atoms with Crippen LogP contribution in [-0.4, -0.2) is 31.6 Å². The zero-order valence-corrected chi connectivity index (χ0v) is 13.5. The van der Waals surface area contributed by atoms with Crippen molar-refractivity contribution in [3.05, 3.63) is 35.9 Å². The summed E-state index contributed by atoms with van der Waals surface area (Å²) < 4.78 is 10.2. The molecule has 22 heavy (non-hydrogen) atoms. The second-order valence-electron chi connectivity index (χ2n) is 5.56. The molecule has 0 aromatic heterocycles. The number of carbonyl (C=O) groups is 2. The smallest absolute Gasteiger partial charge is 0.328 e. The fourth-order valence-electron chi connectivity index (χ4n) is 2.02. The van der Waals surface area contributed by atoms with Gasteiger partial charge in [-0.05, 0) is 17.9 Å². The molecule has 0 bridgehead atoms. The molecule has 1 rings (SSSR count). The predicted molar refractivity (Wildman–Crippen MR) is 84.1 cm³/mol. The summed E-state index contributed by atoms with van der Waals surface area (Å²) in [6, 6.07) is 9.17. The molecular weight excluding hydrogens is 282 g/mol. The van der Waals surface area contributed by atoms with Gasteiger partial charge in [-0.25, -0.2) is 4.79 Å². The zero-order chi connectivity index (χ0) is 16.4. The lowest BCUT2D eigenvalue weighted by atomic mass is 10.0. The standard InChI is InChI=1S/C17H25NO4/c1-13(2)11-15(17(20)21-3)18-16(19)9-10-22-12-14-7-5-4-6-8-14/h4-8,13,15H,9-12H2,1-3H3,(H,18,19)/t15-/m0/s1. The maximum absolute atomic E-state index is 11.9. The van der Waals surface area contributed by atoms with Crippen LogP contribution in [0.2, 0.25) is 0 Å². The lowest BCUT2D eigenvalue weighted by Gasteiger charge is -2.18. The number of nitrogens with one attached hydrogen (secondary N) is 1. The Morgan fingerprint density at radius 2 is 1.86 bits per heavy atom. The number of esters is 1. The van der Waals surface area contributed by atoms with E-state index in [-0.39, 0.29) is 12.3 Å². The van der Waals surface area contributed by atoms with Crippen molar-refractivity contribution in [2.24, 2.45) is 5.92 Å². The van der Waals surface area contributed by atoms with Crippen molar-refractivity contribution in [2.45, 2.75) is 39.3 Å². The number of carbonyl (C=O) groups excluding carboxylic acids is 2. The Kier molecular flexibility index (Phi) is 8.22. The second kappa shape index (κ2) is 9.95. The first-order valence-electron chi connectivity index (χ1n) is 7.51. The van der Waals surface area contributed by atoms with Crippen LogP contribution in [0, 0.1) is 5.92 Å². The molecule has 1 atom stereocenters. The first-order chi connectivity index (χ1) is 10.5. The highest BCUT2D eigenvalue weighted by molar-refractivity contribution is 5.84. The van der Waals surface area contributed by atoms with Gasteiger partial charge in [0, 0.05) is 6.42 Å². The van der Waals surface area contributed by atoms with E-state index in [1.54, 1.807) is 0 Å². The Hall–Kier alpha value is -1.88. The molecule has 5 heteroatoms. The average Bonchev–Trinajstić information content (AvgIpc) is 2.50. The van der Waals surface area contributed by atoms with Crippen LogP contribution in [0.1, 0.15) is 32.3 Å². The van der Waals surface area contributed by atoms with Crippen LogP contribution in [0.5, 0.6) is 0 Å². The van der Waals surface area contributed by atoms with Gasteiger partial charge in [0.1, 0.15) is 6.04 Å². The van der Waals surface area contributed by atoms with Crippen molar-refractivity contribution < 1.29 is 19.1 Å². The van der Waals surface area contributed by atoms with Crippen molar-refractivity contribution >= 4 is 11.9 Å². The Labute approximate surface area is 132 Å². The number of benzene rings is 1. The summed E-state index contributed by atoms with van der Waals surface area (Å²) in [5.41, 5.74) is 1.06. The lowest BCUT2D eigenvalue weighted by Crippen LogP contribution is -2.42. The lowest BCUT2D eigenvalue weighted by molar-refractivity contribution is -0.145. The molecule has 0 spiro atoms. The molecule has 0 heterocycles. The molecule has 0 saturated heterocycles. The van der Waals surface area contributed by atoms with E-state index in [1.807, 2.05) is 44.2 Å². The SMILES string of the molecule is COC(=O)[C@H](CC(C)C)NC(=O)CCOCc1ccccc1. The summed E-state index contributed by atoms with van der Waals surface area (Å²) >= 11 is 0. The molecule has 5 nitrogen and oxygen atoms in total.